The highest BCUT2D eigenvalue weighted by molar-refractivity contribution is 14.1. The van der Waals surface area contributed by atoms with E-state index in [1.54, 1.807) is 6.20 Å². The zero-order valence-corrected chi connectivity index (χ0v) is 11.6. The van der Waals surface area contributed by atoms with E-state index in [-0.39, 0.29) is 6.04 Å². The fourth-order valence-corrected chi connectivity index (χ4v) is 1.70. The minimum Gasteiger partial charge on any atom is -0.259 e. The average Bonchev–Trinajstić information content (AvgIpc) is 2.39. The molecule has 17 heavy (non-hydrogen) atoms. The van der Waals surface area contributed by atoms with Crippen LogP contribution in [0.3, 0.4) is 0 Å². The number of azo groups is 1. The van der Waals surface area contributed by atoms with Gasteiger partial charge in [-0.2, -0.15) is 10.2 Å². The zero-order valence-electron chi connectivity index (χ0n) is 9.42. The third kappa shape index (κ3) is 3.59. The van der Waals surface area contributed by atoms with Gasteiger partial charge in [0.2, 0.25) is 0 Å². The van der Waals surface area contributed by atoms with Gasteiger partial charge < -0.3 is 0 Å². The van der Waals surface area contributed by atoms with Crippen LogP contribution in [0.15, 0.2) is 58.9 Å². The number of pyridine rings is 1. The molecule has 3 nitrogen and oxygen atoms in total. The lowest BCUT2D eigenvalue weighted by Crippen LogP contribution is -1.91. The molecule has 2 rings (SSSR count). The van der Waals surface area contributed by atoms with Crippen LogP contribution in [0.5, 0.6) is 0 Å². The highest BCUT2D eigenvalue weighted by Crippen LogP contribution is 2.19. The van der Waals surface area contributed by atoms with E-state index in [1.807, 2.05) is 49.4 Å². The van der Waals surface area contributed by atoms with Gasteiger partial charge in [-0.25, -0.2) is 0 Å². The minimum absolute atomic E-state index is 0.0181. The number of hydrogen-bond donors (Lipinski definition) is 0. The van der Waals surface area contributed by atoms with E-state index >= 15 is 0 Å². The van der Waals surface area contributed by atoms with Crippen molar-refractivity contribution in [2.75, 3.05) is 0 Å². The molecule has 1 unspecified atom stereocenters. The molecule has 4 heteroatoms. The SMILES string of the molecule is CC(N=Nc1ccc(I)cc1)c1ccccn1. The minimum atomic E-state index is -0.0181. The average molecular weight is 337 g/mol. The van der Waals surface area contributed by atoms with Crippen LogP contribution >= 0.6 is 22.6 Å². The van der Waals surface area contributed by atoms with Gasteiger partial charge in [0.1, 0.15) is 6.04 Å². The molecule has 0 aliphatic heterocycles. The summed E-state index contributed by atoms with van der Waals surface area (Å²) >= 11 is 2.27. The summed E-state index contributed by atoms with van der Waals surface area (Å²) in [7, 11) is 0. The van der Waals surface area contributed by atoms with Crippen molar-refractivity contribution < 1.29 is 0 Å². The van der Waals surface area contributed by atoms with Crippen LogP contribution in [0.1, 0.15) is 18.7 Å². The topological polar surface area (TPSA) is 37.6 Å². The summed E-state index contributed by atoms with van der Waals surface area (Å²) in [4.78, 5) is 4.25. The largest absolute Gasteiger partial charge is 0.259 e. The van der Waals surface area contributed by atoms with E-state index in [0.29, 0.717) is 0 Å². The Morgan fingerprint density at radius 3 is 2.53 bits per heavy atom. The molecule has 0 aliphatic carbocycles. The second kappa shape index (κ2) is 5.86. The van der Waals surface area contributed by atoms with Crippen molar-refractivity contribution in [3.05, 3.63) is 57.9 Å². The summed E-state index contributed by atoms with van der Waals surface area (Å²) in [5.74, 6) is 0. The van der Waals surface area contributed by atoms with Gasteiger partial charge in [-0.1, -0.05) is 6.07 Å². The van der Waals surface area contributed by atoms with Gasteiger partial charge in [-0.05, 0) is 65.9 Å². The lowest BCUT2D eigenvalue weighted by Gasteiger charge is -2.02. The van der Waals surface area contributed by atoms with Gasteiger partial charge in [-0.3, -0.25) is 4.98 Å². The van der Waals surface area contributed by atoms with Gasteiger partial charge in [0.25, 0.3) is 0 Å². The predicted molar refractivity (Wildman–Crippen MR) is 76.3 cm³/mol. The number of aromatic nitrogens is 1. The number of rotatable bonds is 3. The van der Waals surface area contributed by atoms with Crippen LogP contribution in [0.25, 0.3) is 0 Å². The third-order valence-electron chi connectivity index (χ3n) is 2.29. The number of benzene rings is 1. The normalized spacial score (nSPS) is 12.8. The van der Waals surface area contributed by atoms with Gasteiger partial charge >= 0.3 is 0 Å². The summed E-state index contributed by atoms with van der Waals surface area (Å²) in [5, 5.41) is 8.46. The van der Waals surface area contributed by atoms with Gasteiger partial charge in [-0.15, -0.1) is 0 Å². The van der Waals surface area contributed by atoms with Crippen LogP contribution in [-0.4, -0.2) is 4.98 Å². The summed E-state index contributed by atoms with van der Waals surface area (Å²) in [5.41, 5.74) is 1.80. The Hall–Kier alpha value is -1.30. The Morgan fingerprint density at radius 2 is 1.88 bits per heavy atom. The number of nitrogens with zero attached hydrogens (tertiary/aromatic N) is 3. The van der Waals surface area contributed by atoms with Crippen LogP contribution in [-0.2, 0) is 0 Å². The van der Waals surface area contributed by atoms with Gasteiger partial charge in [0.15, 0.2) is 0 Å². The first-order valence-corrected chi connectivity index (χ1v) is 6.41. The second-order valence-electron chi connectivity index (χ2n) is 3.62. The molecule has 0 N–H and O–H groups in total. The van der Waals surface area contributed by atoms with Crippen molar-refractivity contribution in [1.29, 1.82) is 0 Å². The smallest absolute Gasteiger partial charge is 0.110 e. The first-order valence-electron chi connectivity index (χ1n) is 5.33. The second-order valence-corrected chi connectivity index (χ2v) is 4.87. The highest BCUT2D eigenvalue weighted by atomic mass is 127. The third-order valence-corrected chi connectivity index (χ3v) is 3.01. The maximum atomic E-state index is 4.25. The van der Waals surface area contributed by atoms with Gasteiger partial charge in [0.05, 0.1) is 11.4 Å². The van der Waals surface area contributed by atoms with Crippen molar-refractivity contribution in [1.82, 2.24) is 4.98 Å². The van der Waals surface area contributed by atoms with E-state index in [1.165, 1.54) is 3.57 Å². The Labute approximate surface area is 114 Å². The fourth-order valence-electron chi connectivity index (χ4n) is 1.34. The molecule has 0 radical (unpaired) electrons. The molecule has 0 saturated heterocycles. The molecular formula is C13H12IN3. The van der Waals surface area contributed by atoms with Crippen molar-refractivity contribution in [2.24, 2.45) is 10.2 Å². The van der Waals surface area contributed by atoms with Crippen LogP contribution in [0, 0.1) is 3.57 Å². The van der Waals surface area contributed by atoms with E-state index in [2.05, 4.69) is 37.8 Å². The lowest BCUT2D eigenvalue weighted by molar-refractivity contribution is 0.735. The molecule has 0 bridgehead atoms. The molecule has 86 valence electrons. The molecule has 0 amide bonds. The molecular weight excluding hydrogens is 325 g/mol. The maximum Gasteiger partial charge on any atom is 0.110 e. The van der Waals surface area contributed by atoms with Crippen LogP contribution in [0.2, 0.25) is 0 Å². The predicted octanol–water partition coefficient (Wildman–Crippen LogP) is 4.53. The maximum absolute atomic E-state index is 4.25. The Bertz CT molecular complexity index is 494. The molecule has 0 fully saturated rings. The van der Waals surface area contributed by atoms with Crippen molar-refractivity contribution >= 4 is 28.3 Å². The standard InChI is InChI=1S/C13H12IN3/c1-10(13-4-2-3-9-15-13)16-17-12-7-5-11(14)6-8-12/h2-10H,1H3. The van der Waals surface area contributed by atoms with E-state index in [9.17, 15) is 0 Å². The molecule has 1 heterocycles. The van der Waals surface area contributed by atoms with E-state index in [4.69, 9.17) is 0 Å². The lowest BCUT2D eigenvalue weighted by atomic mass is 10.2. The monoisotopic (exact) mass is 337 g/mol. The van der Waals surface area contributed by atoms with Crippen LogP contribution < -0.4 is 0 Å². The first kappa shape index (κ1) is 12.2. The summed E-state index contributed by atoms with van der Waals surface area (Å²) in [6.45, 7) is 1.98. The Balaban J connectivity index is 2.08. The molecule has 2 aromatic rings. The quantitative estimate of drug-likeness (QED) is 0.599. The Kier molecular flexibility index (Phi) is 4.19. The summed E-state index contributed by atoms with van der Waals surface area (Å²) in [6, 6.07) is 13.7. The van der Waals surface area contributed by atoms with Gasteiger partial charge in [0, 0.05) is 9.77 Å². The van der Waals surface area contributed by atoms with Crippen molar-refractivity contribution in [3.63, 3.8) is 0 Å². The van der Waals surface area contributed by atoms with Crippen molar-refractivity contribution in [3.8, 4) is 0 Å². The number of hydrogen-bond acceptors (Lipinski definition) is 3. The van der Waals surface area contributed by atoms with Crippen LogP contribution in [0.4, 0.5) is 5.69 Å². The molecule has 0 aliphatic rings. The zero-order chi connectivity index (χ0) is 12.1. The molecule has 0 spiro atoms. The van der Waals surface area contributed by atoms with E-state index in [0.717, 1.165) is 11.4 Å². The summed E-state index contributed by atoms with van der Waals surface area (Å²) in [6.07, 6.45) is 1.77. The summed E-state index contributed by atoms with van der Waals surface area (Å²) < 4.78 is 1.19. The van der Waals surface area contributed by atoms with Crippen molar-refractivity contribution in [2.45, 2.75) is 13.0 Å². The fraction of sp³-hybridized carbons (Fsp3) is 0.154. The number of halogens is 1. The Morgan fingerprint density at radius 1 is 1.12 bits per heavy atom. The molecule has 1 aromatic carbocycles. The molecule has 1 aromatic heterocycles. The molecule has 1 atom stereocenters. The highest BCUT2D eigenvalue weighted by Gasteiger charge is 2.03. The first-order chi connectivity index (χ1) is 8.25. The molecule has 0 saturated carbocycles. The van der Waals surface area contributed by atoms with E-state index < -0.39 is 0 Å².